The van der Waals surface area contributed by atoms with Crippen molar-refractivity contribution in [3.63, 3.8) is 0 Å². The average Bonchev–Trinajstić information content (AvgIpc) is 2.38. The quantitative estimate of drug-likeness (QED) is 0.799. The van der Waals surface area contributed by atoms with E-state index >= 15 is 0 Å². The number of hydrogen-bond acceptors (Lipinski definition) is 3. The molecule has 2 aliphatic heterocycles. The highest BCUT2D eigenvalue weighted by atomic mass is 19.1. The molecule has 98 valence electrons. The number of piperidine rings is 1. The zero-order chi connectivity index (χ0) is 12.6. The van der Waals surface area contributed by atoms with Crippen LogP contribution in [-0.2, 0) is 0 Å². The lowest BCUT2D eigenvalue weighted by molar-refractivity contribution is 0.00381. The van der Waals surface area contributed by atoms with Crippen molar-refractivity contribution in [3.05, 3.63) is 29.6 Å². The summed E-state index contributed by atoms with van der Waals surface area (Å²) in [6.07, 6.45) is 2.94. The summed E-state index contributed by atoms with van der Waals surface area (Å²) in [6, 6.07) is 5.11. The minimum atomic E-state index is -0.227. The summed E-state index contributed by atoms with van der Waals surface area (Å²) in [4.78, 5) is 0. The van der Waals surface area contributed by atoms with Gasteiger partial charge < -0.3 is 15.4 Å². The molecule has 1 aromatic rings. The van der Waals surface area contributed by atoms with Gasteiger partial charge in [0, 0.05) is 24.1 Å². The molecule has 1 unspecified atom stereocenters. The number of ether oxygens (including phenoxy) is 1. The van der Waals surface area contributed by atoms with Crippen molar-refractivity contribution in [3.8, 4) is 5.75 Å². The molecule has 0 aromatic heterocycles. The van der Waals surface area contributed by atoms with Crippen LogP contribution in [0.15, 0.2) is 18.2 Å². The maximum atomic E-state index is 13.4. The summed E-state index contributed by atoms with van der Waals surface area (Å²) in [7, 11) is 1.96. The predicted octanol–water partition coefficient (Wildman–Crippen LogP) is 1.99. The standard InChI is InChI=1S/C14H19FN2O/c1-16-12-9-14(4-6-17-7-5-14)18-13-8-10(15)2-3-11(12)13/h2-3,8,12,16-17H,4-7,9H2,1H3. The fraction of sp³-hybridized carbons (Fsp3) is 0.571. The molecule has 3 nitrogen and oxygen atoms in total. The Morgan fingerprint density at radius 3 is 2.89 bits per heavy atom. The number of halogens is 1. The molecule has 0 bridgehead atoms. The van der Waals surface area contributed by atoms with E-state index in [0.717, 1.165) is 37.9 Å². The Bertz CT molecular complexity index is 443. The van der Waals surface area contributed by atoms with Crippen molar-refractivity contribution < 1.29 is 9.13 Å². The summed E-state index contributed by atoms with van der Waals surface area (Å²) in [5.41, 5.74) is 0.947. The van der Waals surface area contributed by atoms with E-state index in [9.17, 15) is 4.39 Å². The lowest BCUT2D eigenvalue weighted by atomic mass is 9.81. The molecular formula is C14H19FN2O. The number of benzene rings is 1. The lowest BCUT2D eigenvalue weighted by Crippen LogP contribution is -2.50. The first-order chi connectivity index (χ1) is 8.72. The topological polar surface area (TPSA) is 33.3 Å². The van der Waals surface area contributed by atoms with Crippen LogP contribution in [0, 0.1) is 5.82 Å². The molecule has 4 heteroatoms. The van der Waals surface area contributed by atoms with Gasteiger partial charge in [0.25, 0.3) is 0 Å². The third-order valence-electron chi connectivity index (χ3n) is 4.12. The van der Waals surface area contributed by atoms with Crippen LogP contribution in [0.1, 0.15) is 30.9 Å². The molecule has 1 saturated heterocycles. The summed E-state index contributed by atoms with van der Waals surface area (Å²) in [6.45, 7) is 1.95. The Labute approximate surface area is 107 Å². The van der Waals surface area contributed by atoms with Gasteiger partial charge in [0.2, 0.25) is 0 Å². The SMILES string of the molecule is CNC1CC2(CCNCC2)Oc2cc(F)ccc21. The molecule has 0 amide bonds. The number of hydrogen-bond donors (Lipinski definition) is 2. The smallest absolute Gasteiger partial charge is 0.127 e. The van der Waals surface area contributed by atoms with Gasteiger partial charge in [-0.05, 0) is 39.0 Å². The van der Waals surface area contributed by atoms with Crippen molar-refractivity contribution in [2.75, 3.05) is 20.1 Å². The van der Waals surface area contributed by atoms with Gasteiger partial charge in [0.05, 0.1) is 0 Å². The minimum Gasteiger partial charge on any atom is -0.487 e. The zero-order valence-corrected chi connectivity index (χ0v) is 10.6. The molecule has 0 radical (unpaired) electrons. The van der Waals surface area contributed by atoms with Gasteiger partial charge in [-0.3, -0.25) is 0 Å². The van der Waals surface area contributed by atoms with Crippen molar-refractivity contribution in [2.45, 2.75) is 30.9 Å². The van der Waals surface area contributed by atoms with Crippen LogP contribution in [0.4, 0.5) is 4.39 Å². The van der Waals surface area contributed by atoms with Crippen LogP contribution >= 0.6 is 0 Å². The normalized spacial score (nSPS) is 25.6. The van der Waals surface area contributed by atoms with Crippen LogP contribution in [0.2, 0.25) is 0 Å². The monoisotopic (exact) mass is 250 g/mol. The van der Waals surface area contributed by atoms with Crippen LogP contribution in [0.3, 0.4) is 0 Å². The van der Waals surface area contributed by atoms with Gasteiger partial charge in [-0.1, -0.05) is 6.07 Å². The number of nitrogens with one attached hydrogen (secondary N) is 2. The zero-order valence-electron chi connectivity index (χ0n) is 10.6. The second kappa shape index (κ2) is 4.52. The Morgan fingerprint density at radius 1 is 1.39 bits per heavy atom. The Kier molecular flexibility index (Phi) is 2.99. The van der Waals surface area contributed by atoms with Gasteiger partial charge in [-0.2, -0.15) is 0 Å². The maximum Gasteiger partial charge on any atom is 0.127 e. The van der Waals surface area contributed by atoms with E-state index in [2.05, 4.69) is 10.6 Å². The largest absolute Gasteiger partial charge is 0.487 e. The van der Waals surface area contributed by atoms with Crippen molar-refractivity contribution >= 4 is 0 Å². The fourth-order valence-corrected chi connectivity index (χ4v) is 3.09. The van der Waals surface area contributed by atoms with E-state index in [4.69, 9.17) is 4.74 Å². The second-order valence-electron chi connectivity index (χ2n) is 5.26. The van der Waals surface area contributed by atoms with Crippen LogP contribution in [-0.4, -0.2) is 25.7 Å². The number of rotatable bonds is 1. The molecule has 0 saturated carbocycles. The third kappa shape index (κ3) is 1.99. The molecule has 1 atom stereocenters. The van der Waals surface area contributed by atoms with Gasteiger partial charge in [0.1, 0.15) is 17.2 Å². The van der Waals surface area contributed by atoms with Crippen LogP contribution in [0.25, 0.3) is 0 Å². The molecule has 1 aromatic carbocycles. The third-order valence-corrected chi connectivity index (χ3v) is 4.12. The average molecular weight is 250 g/mol. The van der Waals surface area contributed by atoms with Crippen molar-refractivity contribution in [1.29, 1.82) is 0 Å². The summed E-state index contributed by atoms with van der Waals surface area (Å²) >= 11 is 0. The first kappa shape index (κ1) is 11.9. The van der Waals surface area contributed by atoms with E-state index in [1.807, 2.05) is 13.1 Å². The van der Waals surface area contributed by atoms with E-state index in [0.29, 0.717) is 5.75 Å². The molecular weight excluding hydrogens is 231 g/mol. The predicted molar refractivity (Wildman–Crippen MR) is 68.3 cm³/mol. The lowest BCUT2D eigenvalue weighted by Gasteiger charge is -2.44. The van der Waals surface area contributed by atoms with E-state index in [1.54, 1.807) is 0 Å². The number of fused-ring (bicyclic) bond motifs is 1. The molecule has 18 heavy (non-hydrogen) atoms. The van der Waals surface area contributed by atoms with Gasteiger partial charge in [-0.25, -0.2) is 4.39 Å². The maximum absolute atomic E-state index is 13.4. The summed E-state index contributed by atoms with van der Waals surface area (Å²) in [5.74, 6) is 0.483. The Morgan fingerprint density at radius 2 is 2.17 bits per heavy atom. The van der Waals surface area contributed by atoms with Gasteiger partial charge in [0.15, 0.2) is 0 Å². The molecule has 2 heterocycles. The Hall–Kier alpha value is -1.13. The highest BCUT2D eigenvalue weighted by molar-refractivity contribution is 5.39. The fourth-order valence-electron chi connectivity index (χ4n) is 3.09. The first-order valence-corrected chi connectivity index (χ1v) is 6.59. The summed E-state index contributed by atoms with van der Waals surface area (Å²) in [5, 5.41) is 6.68. The van der Waals surface area contributed by atoms with Crippen LogP contribution < -0.4 is 15.4 Å². The highest BCUT2D eigenvalue weighted by Gasteiger charge is 2.41. The highest BCUT2D eigenvalue weighted by Crippen LogP contribution is 2.43. The van der Waals surface area contributed by atoms with E-state index < -0.39 is 0 Å². The van der Waals surface area contributed by atoms with E-state index in [-0.39, 0.29) is 17.5 Å². The van der Waals surface area contributed by atoms with Crippen molar-refractivity contribution in [1.82, 2.24) is 10.6 Å². The van der Waals surface area contributed by atoms with E-state index in [1.165, 1.54) is 12.1 Å². The van der Waals surface area contributed by atoms with Gasteiger partial charge >= 0.3 is 0 Å². The molecule has 1 spiro atoms. The molecule has 1 fully saturated rings. The molecule has 2 N–H and O–H groups in total. The molecule has 2 aliphatic rings. The summed E-state index contributed by atoms with van der Waals surface area (Å²) < 4.78 is 19.5. The van der Waals surface area contributed by atoms with Crippen LogP contribution in [0.5, 0.6) is 5.75 Å². The second-order valence-corrected chi connectivity index (χ2v) is 5.26. The minimum absolute atomic E-state index is 0.125. The molecule has 3 rings (SSSR count). The van der Waals surface area contributed by atoms with Crippen molar-refractivity contribution in [2.24, 2.45) is 0 Å². The first-order valence-electron chi connectivity index (χ1n) is 6.59. The Balaban J connectivity index is 1.97. The van der Waals surface area contributed by atoms with Gasteiger partial charge in [-0.15, -0.1) is 0 Å². The molecule has 0 aliphatic carbocycles.